The molecule has 2 aromatic carbocycles. The molecule has 0 bridgehead atoms. The lowest BCUT2D eigenvalue weighted by Crippen LogP contribution is -2.09. The minimum absolute atomic E-state index is 0.295. The van der Waals surface area contributed by atoms with Gasteiger partial charge < -0.3 is 10.1 Å². The van der Waals surface area contributed by atoms with Gasteiger partial charge in [-0.25, -0.2) is 0 Å². The van der Waals surface area contributed by atoms with E-state index >= 15 is 0 Å². The van der Waals surface area contributed by atoms with Gasteiger partial charge in [-0.2, -0.15) is 0 Å². The largest absolute Gasteiger partial charge is 0.495 e. The fraction of sp³-hybridized carbons (Fsp3) is 0.118. The van der Waals surface area contributed by atoms with Gasteiger partial charge in [0.25, 0.3) is 0 Å². The molecule has 1 amide bonds. The van der Waals surface area contributed by atoms with Gasteiger partial charge >= 0.3 is 0 Å². The molecule has 0 saturated heterocycles. The van der Waals surface area contributed by atoms with Gasteiger partial charge in [0.1, 0.15) is 5.75 Å². The number of nitrogens with one attached hydrogen (secondary N) is 1. The van der Waals surface area contributed by atoms with Crippen LogP contribution in [0.4, 0.5) is 5.69 Å². The first-order valence-corrected chi connectivity index (χ1v) is 7.82. The van der Waals surface area contributed by atoms with E-state index in [1.54, 1.807) is 36.4 Å². The van der Waals surface area contributed by atoms with Gasteiger partial charge in [0.05, 0.1) is 22.8 Å². The van der Waals surface area contributed by atoms with Crippen LogP contribution in [0.2, 0.25) is 15.1 Å². The first-order valence-electron chi connectivity index (χ1n) is 6.69. The second-order valence-electron chi connectivity index (χ2n) is 4.80. The summed E-state index contributed by atoms with van der Waals surface area (Å²) < 4.78 is 5.22. The highest BCUT2D eigenvalue weighted by atomic mass is 35.5. The Labute approximate surface area is 149 Å². The predicted molar refractivity (Wildman–Crippen MR) is 96.9 cm³/mol. The molecule has 0 aliphatic carbocycles. The molecule has 0 heterocycles. The fourth-order valence-electron chi connectivity index (χ4n) is 1.89. The topological polar surface area (TPSA) is 38.3 Å². The van der Waals surface area contributed by atoms with Crippen molar-refractivity contribution in [2.75, 3.05) is 12.4 Å². The van der Waals surface area contributed by atoms with E-state index in [0.717, 1.165) is 11.1 Å². The van der Waals surface area contributed by atoms with Crippen LogP contribution < -0.4 is 10.1 Å². The maximum absolute atomic E-state index is 12.1. The van der Waals surface area contributed by atoms with Gasteiger partial charge in [-0.3, -0.25) is 4.79 Å². The van der Waals surface area contributed by atoms with Crippen LogP contribution in [-0.4, -0.2) is 13.0 Å². The van der Waals surface area contributed by atoms with E-state index in [-0.39, 0.29) is 5.91 Å². The summed E-state index contributed by atoms with van der Waals surface area (Å²) in [6, 6.07) is 8.54. The molecule has 0 aliphatic rings. The molecule has 0 saturated carbocycles. The molecular weight excluding hydrogens is 357 g/mol. The summed E-state index contributed by atoms with van der Waals surface area (Å²) in [5.74, 6) is 0.202. The normalized spacial score (nSPS) is 10.8. The van der Waals surface area contributed by atoms with E-state index in [0.29, 0.717) is 26.5 Å². The van der Waals surface area contributed by atoms with E-state index in [4.69, 9.17) is 39.5 Å². The Balaban J connectivity index is 2.14. The maximum atomic E-state index is 12.1. The Morgan fingerprint density at radius 1 is 1.09 bits per heavy atom. The third-order valence-electron chi connectivity index (χ3n) is 3.11. The van der Waals surface area contributed by atoms with Crippen molar-refractivity contribution < 1.29 is 9.53 Å². The third kappa shape index (κ3) is 4.64. The number of anilines is 1. The lowest BCUT2D eigenvalue weighted by molar-refractivity contribution is -0.111. The Hall–Kier alpha value is -1.68. The number of methoxy groups -OCH3 is 1. The third-order valence-corrected chi connectivity index (χ3v) is 4.26. The van der Waals surface area contributed by atoms with Gasteiger partial charge in [0, 0.05) is 17.2 Å². The summed E-state index contributed by atoms with van der Waals surface area (Å²) >= 11 is 17.8. The van der Waals surface area contributed by atoms with E-state index in [2.05, 4.69) is 5.32 Å². The maximum Gasteiger partial charge on any atom is 0.248 e. The Bertz CT molecular complexity index is 773. The molecule has 2 aromatic rings. The molecule has 120 valence electrons. The zero-order chi connectivity index (χ0) is 17.0. The fourth-order valence-corrected chi connectivity index (χ4v) is 2.35. The van der Waals surface area contributed by atoms with Crippen LogP contribution >= 0.6 is 34.8 Å². The molecular formula is C17H14Cl3NO2. The zero-order valence-corrected chi connectivity index (χ0v) is 14.8. The van der Waals surface area contributed by atoms with Gasteiger partial charge in [-0.15, -0.1) is 0 Å². The number of ether oxygens (including phenoxy) is 1. The van der Waals surface area contributed by atoms with Crippen LogP contribution in [0.3, 0.4) is 0 Å². The Kier molecular flexibility index (Phi) is 5.94. The number of amides is 1. The van der Waals surface area contributed by atoms with Crippen LogP contribution in [0.25, 0.3) is 6.08 Å². The van der Waals surface area contributed by atoms with Crippen LogP contribution in [0.5, 0.6) is 5.75 Å². The molecule has 0 radical (unpaired) electrons. The summed E-state index contributed by atoms with van der Waals surface area (Å²) in [6.45, 7) is 1.85. The Morgan fingerprint density at radius 2 is 1.83 bits per heavy atom. The van der Waals surface area contributed by atoms with Crippen LogP contribution in [0.1, 0.15) is 11.1 Å². The van der Waals surface area contributed by atoms with Crippen molar-refractivity contribution in [1.82, 2.24) is 0 Å². The number of carbonyl (C=O) groups excluding carboxylic acids is 1. The van der Waals surface area contributed by atoms with Crippen molar-refractivity contribution in [2.24, 2.45) is 0 Å². The van der Waals surface area contributed by atoms with Gasteiger partial charge in [-0.1, -0.05) is 40.9 Å². The number of aryl methyl sites for hydroxylation is 1. The van der Waals surface area contributed by atoms with Crippen LogP contribution in [-0.2, 0) is 4.79 Å². The zero-order valence-electron chi connectivity index (χ0n) is 12.5. The van der Waals surface area contributed by atoms with Gasteiger partial charge in [0.15, 0.2) is 0 Å². The molecule has 0 fully saturated rings. The summed E-state index contributed by atoms with van der Waals surface area (Å²) in [7, 11) is 1.52. The molecule has 0 aliphatic heterocycles. The average molecular weight is 371 g/mol. The van der Waals surface area contributed by atoms with E-state index in [9.17, 15) is 4.79 Å². The highest BCUT2D eigenvalue weighted by Crippen LogP contribution is 2.31. The summed E-state index contributed by atoms with van der Waals surface area (Å²) in [5, 5.41) is 4.23. The predicted octanol–water partition coefficient (Wildman–Crippen LogP) is 5.62. The second-order valence-corrected chi connectivity index (χ2v) is 6.02. The monoisotopic (exact) mass is 369 g/mol. The van der Waals surface area contributed by atoms with Gasteiger partial charge in [0.2, 0.25) is 5.91 Å². The smallest absolute Gasteiger partial charge is 0.248 e. The molecule has 2 rings (SSSR count). The number of hydrogen-bond acceptors (Lipinski definition) is 2. The molecule has 0 aromatic heterocycles. The molecule has 0 atom stereocenters. The first-order chi connectivity index (χ1) is 10.9. The number of hydrogen-bond donors (Lipinski definition) is 1. The van der Waals surface area contributed by atoms with E-state index in [1.165, 1.54) is 13.2 Å². The lowest BCUT2D eigenvalue weighted by atomic mass is 10.2. The molecule has 0 unspecified atom stereocenters. The van der Waals surface area contributed by atoms with E-state index < -0.39 is 0 Å². The number of rotatable bonds is 4. The van der Waals surface area contributed by atoms with Crippen molar-refractivity contribution in [3.05, 3.63) is 62.6 Å². The second kappa shape index (κ2) is 7.73. The summed E-state index contributed by atoms with van der Waals surface area (Å²) in [5.41, 5.74) is 2.17. The highest BCUT2D eigenvalue weighted by molar-refractivity contribution is 6.42. The SMILES string of the molecule is COc1cc(Cl)c(C)cc1NC(=O)C=Cc1ccc(Cl)c(Cl)c1. The molecule has 6 heteroatoms. The minimum Gasteiger partial charge on any atom is -0.495 e. The van der Waals surface area contributed by atoms with Crippen molar-refractivity contribution in [3.8, 4) is 5.75 Å². The van der Waals surface area contributed by atoms with Crippen molar-refractivity contribution in [1.29, 1.82) is 0 Å². The summed E-state index contributed by atoms with van der Waals surface area (Å²) in [4.78, 5) is 12.1. The van der Waals surface area contributed by atoms with Crippen LogP contribution in [0, 0.1) is 6.92 Å². The standard InChI is InChI=1S/C17H14Cl3NO2/c1-10-7-15(16(23-2)9-13(10)19)21-17(22)6-4-11-3-5-12(18)14(20)8-11/h3-9H,1-2H3,(H,21,22). The number of carbonyl (C=O) groups is 1. The molecule has 23 heavy (non-hydrogen) atoms. The average Bonchev–Trinajstić information content (AvgIpc) is 2.52. The number of halogens is 3. The van der Waals surface area contributed by atoms with Crippen molar-refractivity contribution in [2.45, 2.75) is 6.92 Å². The molecule has 0 spiro atoms. The lowest BCUT2D eigenvalue weighted by Gasteiger charge is -2.11. The molecule has 3 nitrogen and oxygen atoms in total. The van der Waals surface area contributed by atoms with Gasteiger partial charge in [-0.05, 0) is 42.3 Å². The highest BCUT2D eigenvalue weighted by Gasteiger charge is 2.09. The van der Waals surface area contributed by atoms with Crippen LogP contribution in [0.15, 0.2) is 36.4 Å². The minimum atomic E-state index is -0.295. The summed E-state index contributed by atoms with van der Waals surface area (Å²) in [6.07, 6.45) is 3.05. The molecule has 1 N–H and O–H groups in total. The van der Waals surface area contributed by atoms with E-state index in [1.807, 2.05) is 6.92 Å². The first kappa shape index (κ1) is 17.7. The quantitative estimate of drug-likeness (QED) is 0.710. The Morgan fingerprint density at radius 3 is 2.48 bits per heavy atom. The van der Waals surface area contributed by atoms with Crippen molar-refractivity contribution >= 4 is 52.5 Å². The van der Waals surface area contributed by atoms with Crippen molar-refractivity contribution in [3.63, 3.8) is 0 Å². The number of benzene rings is 2.